The highest BCUT2D eigenvalue weighted by atomic mass is 16.3. The number of anilines is 2. The highest BCUT2D eigenvalue weighted by Crippen LogP contribution is 2.30. The van der Waals surface area contributed by atoms with E-state index in [1.54, 1.807) is 25.1 Å². The predicted octanol–water partition coefficient (Wildman–Crippen LogP) is 0.161. The van der Waals surface area contributed by atoms with Crippen LogP contribution in [0.1, 0.15) is 5.56 Å². The number of fused-ring (bicyclic) bond motifs is 1. The molecule has 5 nitrogen and oxygen atoms in total. The lowest BCUT2D eigenvalue weighted by Crippen LogP contribution is -2.28. The molecule has 0 saturated carbocycles. The summed E-state index contributed by atoms with van der Waals surface area (Å²) in [7, 11) is 3.33. The van der Waals surface area contributed by atoms with Gasteiger partial charge in [0.15, 0.2) is 0 Å². The zero-order chi connectivity index (χ0) is 12.6. The summed E-state index contributed by atoms with van der Waals surface area (Å²) in [6.07, 6.45) is 0.362. The topological polar surface area (TPSA) is 60.9 Å². The smallest absolute Gasteiger partial charge is 0.252 e. The van der Waals surface area contributed by atoms with Gasteiger partial charge in [-0.25, -0.2) is 0 Å². The zero-order valence-electron chi connectivity index (χ0n) is 9.80. The van der Waals surface area contributed by atoms with Gasteiger partial charge in [0.25, 0.3) is 5.91 Å². The molecule has 0 aliphatic carbocycles. The molecule has 1 N–H and O–H groups in total. The van der Waals surface area contributed by atoms with E-state index in [1.807, 2.05) is 12.1 Å². The Morgan fingerprint density at radius 1 is 1.53 bits per heavy atom. The Kier molecular flexibility index (Phi) is 2.85. The summed E-state index contributed by atoms with van der Waals surface area (Å²) in [5.74, 6) is -0.323. The largest absolute Gasteiger partial charge is 0.387 e. The van der Waals surface area contributed by atoms with Crippen molar-refractivity contribution in [3.05, 3.63) is 23.8 Å². The van der Waals surface area contributed by atoms with Gasteiger partial charge in [-0.05, 0) is 23.8 Å². The van der Waals surface area contributed by atoms with E-state index in [4.69, 9.17) is 5.11 Å². The summed E-state index contributed by atoms with van der Waals surface area (Å²) in [6.45, 7) is -0.521. The molecule has 0 unspecified atom stereocenters. The zero-order valence-corrected chi connectivity index (χ0v) is 9.80. The maximum Gasteiger partial charge on any atom is 0.252 e. The van der Waals surface area contributed by atoms with Gasteiger partial charge in [-0.2, -0.15) is 0 Å². The molecule has 0 aromatic heterocycles. The van der Waals surface area contributed by atoms with Crippen LogP contribution in [0.3, 0.4) is 0 Å². The Hall–Kier alpha value is -1.88. The van der Waals surface area contributed by atoms with E-state index < -0.39 is 6.61 Å². The van der Waals surface area contributed by atoms with Gasteiger partial charge in [0, 0.05) is 25.5 Å². The normalized spacial score (nSPS) is 13.8. The number of rotatable bonds is 2. The van der Waals surface area contributed by atoms with Crippen molar-refractivity contribution in [2.45, 2.75) is 6.42 Å². The first-order valence-electron chi connectivity index (χ1n) is 5.31. The van der Waals surface area contributed by atoms with Crippen LogP contribution in [-0.4, -0.2) is 37.6 Å². The van der Waals surface area contributed by atoms with Gasteiger partial charge in [-0.15, -0.1) is 0 Å². The summed E-state index contributed by atoms with van der Waals surface area (Å²) in [5, 5.41) is 8.79. The number of aliphatic hydroxyl groups excluding tert-OH is 1. The second-order valence-corrected chi connectivity index (χ2v) is 4.05. The Labute approximate surface area is 99.3 Å². The Bertz CT molecular complexity index is 485. The molecule has 0 radical (unpaired) electrons. The molecule has 1 aromatic rings. The molecule has 0 saturated heterocycles. The quantitative estimate of drug-likeness (QED) is 0.793. The summed E-state index contributed by atoms with van der Waals surface area (Å²) in [6, 6.07) is 5.39. The summed E-state index contributed by atoms with van der Waals surface area (Å²) in [4.78, 5) is 25.8. The van der Waals surface area contributed by atoms with Crippen LogP contribution >= 0.6 is 0 Å². The molecular weight excluding hydrogens is 220 g/mol. The van der Waals surface area contributed by atoms with E-state index in [-0.39, 0.29) is 11.8 Å². The number of likely N-dealkylation sites (N-methyl/N-ethyl adjacent to an activating group) is 2. The van der Waals surface area contributed by atoms with Crippen molar-refractivity contribution in [1.82, 2.24) is 0 Å². The molecule has 1 aliphatic rings. The van der Waals surface area contributed by atoms with Gasteiger partial charge in [-0.1, -0.05) is 0 Å². The minimum absolute atomic E-state index is 0.0493. The number of carbonyl (C=O) groups is 2. The molecule has 1 aliphatic heterocycles. The first kappa shape index (κ1) is 11.6. The van der Waals surface area contributed by atoms with Crippen LogP contribution in [0.2, 0.25) is 0 Å². The van der Waals surface area contributed by atoms with Gasteiger partial charge in [-0.3, -0.25) is 9.59 Å². The molecule has 1 aromatic carbocycles. The molecule has 2 amide bonds. The third-order valence-corrected chi connectivity index (χ3v) is 3.04. The van der Waals surface area contributed by atoms with Crippen molar-refractivity contribution >= 4 is 23.2 Å². The molecule has 17 heavy (non-hydrogen) atoms. The van der Waals surface area contributed by atoms with Crippen molar-refractivity contribution in [3.8, 4) is 0 Å². The molecule has 0 spiro atoms. The van der Waals surface area contributed by atoms with Crippen LogP contribution in [-0.2, 0) is 16.0 Å². The fourth-order valence-corrected chi connectivity index (χ4v) is 1.92. The minimum Gasteiger partial charge on any atom is -0.387 e. The molecule has 90 valence electrons. The third kappa shape index (κ3) is 1.89. The van der Waals surface area contributed by atoms with Gasteiger partial charge in [0.1, 0.15) is 6.61 Å². The van der Waals surface area contributed by atoms with Crippen LogP contribution in [0, 0.1) is 0 Å². The molecule has 5 heteroatoms. The van der Waals surface area contributed by atoms with Gasteiger partial charge < -0.3 is 14.9 Å². The molecule has 0 bridgehead atoms. The van der Waals surface area contributed by atoms with E-state index in [2.05, 4.69) is 0 Å². The number of hydrogen-bond acceptors (Lipinski definition) is 3. The Morgan fingerprint density at radius 2 is 2.24 bits per heavy atom. The molecule has 2 rings (SSSR count). The first-order chi connectivity index (χ1) is 8.04. The number of amides is 2. The lowest BCUT2D eigenvalue weighted by atomic mass is 10.1. The second-order valence-electron chi connectivity index (χ2n) is 4.05. The van der Waals surface area contributed by atoms with Crippen molar-refractivity contribution in [2.24, 2.45) is 0 Å². The maximum absolute atomic E-state index is 11.5. The number of aliphatic hydroxyl groups is 1. The number of nitrogens with zero attached hydrogens (tertiary/aromatic N) is 2. The van der Waals surface area contributed by atoms with Crippen molar-refractivity contribution in [3.63, 3.8) is 0 Å². The van der Waals surface area contributed by atoms with E-state index in [0.29, 0.717) is 12.1 Å². The lowest BCUT2D eigenvalue weighted by molar-refractivity contribution is -0.121. The first-order valence-corrected chi connectivity index (χ1v) is 5.31. The second kappa shape index (κ2) is 4.18. The molecule has 0 atom stereocenters. The SMILES string of the molecule is CN(C(=O)CO)c1ccc2c(c1)CC(=O)N2C. The molecule has 1 heterocycles. The van der Waals surface area contributed by atoms with Gasteiger partial charge >= 0.3 is 0 Å². The van der Waals surface area contributed by atoms with Crippen molar-refractivity contribution in [1.29, 1.82) is 0 Å². The van der Waals surface area contributed by atoms with E-state index >= 15 is 0 Å². The monoisotopic (exact) mass is 234 g/mol. The lowest BCUT2D eigenvalue weighted by Gasteiger charge is -2.17. The van der Waals surface area contributed by atoms with Crippen LogP contribution in [0.25, 0.3) is 0 Å². The fourth-order valence-electron chi connectivity index (χ4n) is 1.92. The van der Waals surface area contributed by atoms with Gasteiger partial charge in [0.05, 0.1) is 6.42 Å². The van der Waals surface area contributed by atoms with E-state index in [1.165, 1.54) is 4.90 Å². The Morgan fingerprint density at radius 3 is 2.88 bits per heavy atom. The predicted molar refractivity (Wildman–Crippen MR) is 64.1 cm³/mol. The standard InChI is InChI=1S/C12H14N2O3/c1-13(12(17)7-15)9-3-4-10-8(5-9)6-11(16)14(10)2/h3-5,15H,6-7H2,1-2H3. The fraction of sp³-hybridized carbons (Fsp3) is 0.333. The number of benzene rings is 1. The average molecular weight is 234 g/mol. The molecular formula is C12H14N2O3. The molecule has 0 fully saturated rings. The number of carbonyl (C=O) groups excluding carboxylic acids is 2. The summed E-state index contributed by atoms with van der Waals surface area (Å²) < 4.78 is 0. The summed E-state index contributed by atoms with van der Waals surface area (Å²) in [5.41, 5.74) is 2.47. The van der Waals surface area contributed by atoms with E-state index in [9.17, 15) is 9.59 Å². The average Bonchev–Trinajstić information content (AvgIpc) is 2.62. The van der Waals surface area contributed by atoms with Crippen LogP contribution in [0.5, 0.6) is 0 Å². The van der Waals surface area contributed by atoms with Gasteiger partial charge in [0.2, 0.25) is 5.91 Å². The number of hydrogen-bond donors (Lipinski definition) is 1. The van der Waals surface area contributed by atoms with Crippen LogP contribution in [0.15, 0.2) is 18.2 Å². The van der Waals surface area contributed by atoms with Crippen molar-refractivity contribution < 1.29 is 14.7 Å². The van der Waals surface area contributed by atoms with Crippen LogP contribution < -0.4 is 9.80 Å². The van der Waals surface area contributed by atoms with Crippen LogP contribution in [0.4, 0.5) is 11.4 Å². The third-order valence-electron chi connectivity index (χ3n) is 3.04. The Balaban J connectivity index is 2.33. The van der Waals surface area contributed by atoms with E-state index in [0.717, 1.165) is 11.3 Å². The highest BCUT2D eigenvalue weighted by Gasteiger charge is 2.24. The van der Waals surface area contributed by atoms with Crippen molar-refractivity contribution in [2.75, 3.05) is 30.5 Å². The minimum atomic E-state index is -0.521. The maximum atomic E-state index is 11.5. The highest BCUT2D eigenvalue weighted by molar-refractivity contribution is 6.02. The summed E-state index contributed by atoms with van der Waals surface area (Å²) >= 11 is 0.